The fourth-order valence-electron chi connectivity index (χ4n) is 3.13. The number of nitrogens with zero attached hydrogens (tertiary/aromatic N) is 2. The highest BCUT2D eigenvalue weighted by Gasteiger charge is 2.26. The van der Waals surface area contributed by atoms with Gasteiger partial charge in [0.2, 0.25) is 5.91 Å². The Morgan fingerprint density at radius 1 is 1.18 bits per heavy atom. The Labute approximate surface area is 171 Å². The van der Waals surface area contributed by atoms with Gasteiger partial charge in [0.15, 0.2) is 5.76 Å². The quantitative estimate of drug-likeness (QED) is 0.538. The highest BCUT2D eigenvalue weighted by atomic mass is 35.5. The van der Waals surface area contributed by atoms with Crippen molar-refractivity contribution >= 4 is 35.2 Å². The second-order valence-corrected chi connectivity index (χ2v) is 7.30. The van der Waals surface area contributed by atoms with Crippen LogP contribution in [0, 0.1) is 5.82 Å². The molecule has 4 rings (SSSR count). The van der Waals surface area contributed by atoms with Crippen LogP contribution in [0.4, 0.5) is 4.39 Å². The highest BCUT2D eigenvalue weighted by Crippen LogP contribution is 2.31. The molecule has 0 bridgehead atoms. The second kappa shape index (κ2) is 7.78. The third-order valence-corrected chi connectivity index (χ3v) is 5.19. The maximum atomic E-state index is 13.2. The molecule has 0 aliphatic carbocycles. The molecular formula is C21H15Cl2FN2O2. The first-order chi connectivity index (χ1) is 13.5. The molecule has 0 radical (unpaired) electrons. The van der Waals surface area contributed by atoms with Crippen molar-refractivity contribution in [2.75, 3.05) is 6.54 Å². The predicted molar refractivity (Wildman–Crippen MR) is 107 cm³/mol. The van der Waals surface area contributed by atoms with E-state index < -0.39 is 0 Å². The van der Waals surface area contributed by atoms with Crippen molar-refractivity contribution in [2.24, 2.45) is 0 Å². The van der Waals surface area contributed by atoms with Gasteiger partial charge in [-0.05, 0) is 48.0 Å². The summed E-state index contributed by atoms with van der Waals surface area (Å²) in [6.07, 6.45) is 3.76. The van der Waals surface area contributed by atoms with Gasteiger partial charge >= 0.3 is 0 Å². The molecule has 4 nitrogen and oxygen atoms in total. The van der Waals surface area contributed by atoms with E-state index in [0.717, 1.165) is 16.8 Å². The number of carbonyl (C=O) groups is 1. The van der Waals surface area contributed by atoms with Gasteiger partial charge in [0, 0.05) is 40.2 Å². The second-order valence-electron chi connectivity index (χ2n) is 6.45. The molecule has 1 aromatic heterocycles. The molecule has 0 spiro atoms. The number of amides is 1. The molecule has 142 valence electrons. The summed E-state index contributed by atoms with van der Waals surface area (Å²) in [5.41, 5.74) is 3.12. The molecule has 0 fully saturated rings. The molecule has 0 atom stereocenters. The first-order valence-electron chi connectivity index (χ1n) is 8.66. The normalized spacial score (nSPS) is 13.8. The van der Waals surface area contributed by atoms with Crippen LogP contribution in [0.25, 0.3) is 17.4 Å². The first kappa shape index (κ1) is 18.7. The van der Waals surface area contributed by atoms with Crippen LogP contribution >= 0.6 is 23.2 Å². The lowest BCUT2D eigenvalue weighted by Gasteiger charge is -2.25. The number of fused-ring (bicyclic) bond motifs is 1. The van der Waals surface area contributed by atoms with Crippen molar-refractivity contribution in [3.8, 4) is 11.3 Å². The molecule has 1 aliphatic heterocycles. The lowest BCUT2D eigenvalue weighted by molar-refractivity contribution is -0.126. The topological polar surface area (TPSA) is 46.3 Å². The Balaban J connectivity index is 1.53. The molecule has 1 aliphatic rings. The minimum atomic E-state index is -0.320. The van der Waals surface area contributed by atoms with Gasteiger partial charge in [-0.1, -0.05) is 34.4 Å². The standard InChI is InChI=1S/C21H15Cl2FN2O2/c22-15-5-1-13(18(23)11-15)4-8-20(27)26-10-9-19-17(12-26)21(28-25-19)14-2-6-16(24)7-3-14/h1-8,11H,9-10,12H2/b8-4+. The zero-order valence-corrected chi connectivity index (χ0v) is 16.2. The SMILES string of the molecule is O=C(/C=C/c1ccc(Cl)cc1Cl)N1CCc2noc(-c3ccc(F)cc3)c2C1. The van der Waals surface area contributed by atoms with Crippen LogP contribution in [0.5, 0.6) is 0 Å². The Bertz CT molecular complexity index is 1060. The van der Waals surface area contributed by atoms with Gasteiger partial charge in [-0.3, -0.25) is 4.79 Å². The van der Waals surface area contributed by atoms with Crippen molar-refractivity contribution in [1.29, 1.82) is 0 Å². The summed E-state index contributed by atoms with van der Waals surface area (Å²) in [4.78, 5) is 14.4. The molecule has 0 unspecified atom stereocenters. The van der Waals surface area contributed by atoms with E-state index in [-0.39, 0.29) is 11.7 Å². The lowest BCUT2D eigenvalue weighted by Crippen LogP contribution is -2.34. The Kier molecular flexibility index (Phi) is 5.20. The Morgan fingerprint density at radius 3 is 2.71 bits per heavy atom. The third-order valence-electron chi connectivity index (χ3n) is 4.62. The van der Waals surface area contributed by atoms with Crippen molar-refractivity contribution in [1.82, 2.24) is 10.1 Å². The molecule has 28 heavy (non-hydrogen) atoms. The summed E-state index contributed by atoms with van der Waals surface area (Å²) in [6, 6.07) is 11.1. The van der Waals surface area contributed by atoms with Gasteiger partial charge in [0.05, 0.1) is 12.2 Å². The van der Waals surface area contributed by atoms with E-state index in [2.05, 4.69) is 5.16 Å². The van der Waals surface area contributed by atoms with Crippen LogP contribution in [0.2, 0.25) is 10.0 Å². The lowest BCUT2D eigenvalue weighted by atomic mass is 10.0. The van der Waals surface area contributed by atoms with E-state index in [0.29, 0.717) is 40.9 Å². The van der Waals surface area contributed by atoms with Crippen molar-refractivity contribution in [3.63, 3.8) is 0 Å². The van der Waals surface area contributed by atoms with Gasteiger partial charge in [0.1, 0.15) is 5.82 Å². The molecule has 0 N–H and O–H groups in total. The van der Waals surface area contributed by atoms with Gasteiger partial charge in [-0.15, -0.1) is 0 Å². The highest BCUT2D eigenvalue weighted by molar-refractivity contribution is 6.35. The van der Waals surface area contributed by atoms with Crippen molar-refractivity contribution in [3.05, 3.63) is 81.2 Å². The predicted octanol–water partition coefficient (Wildman–Crippen LogP) is 5.39. The number of carbonyl (C=O) groups excluding carboxylic acids is 1. The van der Waals surface area contributed by atoms with E-state index >= 15 is 0 Å². The van der Waals surface area contributed by atoms with Gasteiger partial charge in [-0.25, -0.2) is 4.39 Å². The molecule has 2 aromatic carbocycles. The smallest absolute Gasteiger partial charge is 0.246 e. The zero-order valence-electron chi connectivity index (χ0n) is 14.7. The monoisotopic (exact) mass is 416 g/mol. The number of aromatic nitrogens is 1. The maximum Gasteiger partial charge on any atom is 0.246 e. The third kappa shape index (κ3) is 3.81. The Hall–Kier alpha value is -2.63. The van der Waals surface area contributed by atoms with Crippen LogP contribution in [0.15, 0.2) is 53.1 Å². The number of rotatable bonds is 3. The fraction of sp³-hybridized carbons (Fsp3) is 0.143. The number of hydrogen-bond donors (Lipinski definition) is 0. The van der Waals surface area contributed by atoms with E-state index in [1.165, 1.54) is 18.2 Å². The maximum absolute atomic E-state index is 13.2. The molecule has 1 amide bonds. The molecule has 3 aromatic rings. The average molecular weight is 417 g/mol. The average Bonchev–Trinajstić information content (AvgIpc) is 3.11. The summed E-state index contributed by atoms with van der Waals surface area (Å²) < 4.78 is 18.7. The first-order valence-corrected chi connectivity index (χ1v) is 9.42. The van der Waals surface area contributed by atoms with Crippen LogP contribution < -0.4 is 0 Å². The minimum absolute atomic E-state index is 0.136. The van der Waals surface area contributed by atoms with E-state index in [1.54, 1.807) is 41.3 Å². The van der Waals surface area contributed by atoms with Crippen LogP contribution in [-0.4, -0.2) is 22.5 Å². The minimum Gasteiger partial charge on any atom is -0.356 e. The number of halogens is 3. The summed E-state index contributed by atoms with van der Waals surface area (Å²) in [6.45, 7) is 0.920. The molecular weight excluding hydrogens is 402 g/mol. The number of benzene rings is 2. The Morgan fingerprint density at radius 2 is 1.96 bits per heavy atom. The number of hydrogen-bond acceptors (Lipinski definition) is 3. The molecule has 7 heteroatoms. The van der Waals surface area contributed by atoms with Crippen LogP contribution in [0.1, 0.15) is 16.8 Å². The molecule has 0 saturated heterocycles. The summed E-state index contributed by atoms with van der Waals surface area (Å²) in [5.74, 6) is 0.111. The zero-order chi connectivity index (χ0) is 19.7. The van der Waals surface area contributed by atoms with Gasteiger partial charge < -0.3 is 9.42 Å². The largest absolute Gasteiger partial charge is 0.356 e. The van der Waals surface area contributed by atoms with E-state index in [4.69, 9.17) is 27.7 Å². The van der Waals surface area contributed by atoms with E-state index in [9.17, 15) is 9.18 Å². The molecule has 0 saturated carbocycles. The summed E-state index contributed by atoms with van der Waals surface area (Å²) in [5, 5.41) is 5.13. The summed E-state index contributed by atoms with van der Waals surface area (Å²) in [7, 11) is 0. The summed E-state index contributed by atoms with van der Waals surface area (Å²) >= 11 is 12.0. The van der Waals surface area contributed by atoms with Gasteiger partial charge in [-0.2, -0.15) is 0 Å². The van der Waals surface area contributed by atoms with Gasteiger partial charge in [0.25, 0.3) is 0 Å². The van der Waals surface area contributed by atoms with Crippen LogP contribution in [-0.2, 0) is 17.8 Å². The molecule has 2 heterocycles. The van der Waals surface area contributed by atoms with Crippen molar-refractivity contribution < 1.29 is 13.7 Å². The van der Waals surface area contributed by atoms with E-state index in [1.807, 2.05) is 0 Å². The van der Waals surface area contributed by atoms with Crippen molar-refractivity contribution in [2.45, 2.75) is 13.0 Å². The van der Waals surface area contributed by atoms with Crippen LogP contribution in [0.3, 0.4) is 0 Å². The fourth-order valence-corrected chi connectivity index (χ4v) is 3.60.